The van der Waals surface area contributed by atoms with Crippen molar-refractivity contribution >= 4 is 17.5 Å². The number of aromatic nitrogens is 4. The van der Waals surface area contributed by atoms with E-state index in [1.807, 2.05) is 30.1 Å². The van der Waals surface area contributed by atoms with Crippen molar-refractivity contribution in [2.24, 2.45) is 11.8 Å². The van der Waals surface area contributed by atoms with Gasteiger partial charge in [-0.2, -0.15) is 10.1 Å². The summed E-state index contributed by atoms with van der Waals surface area (Å²) in [7, 11) is 0. The highest BCUT2D eigenvalue weighted by atomic mass is 16.3. The second-order valence-corrected chi connectivity index (χ2v) is 9.06. The smallest absolute Gasteiger partial charge is 0.229 e. The van der Waals surface area contributed by atoms with Gasteiger partial charge in [0.15, 0.2) is 0 Å². The standard InChI is InChI=1S/C21H31N7O/c1-4-27-11-15(10-23-27)24-20-22-8-7-19(25-20)26-12-16-5-6-17(13-26)28(16)21(3,29)18-9-14(18)2/h7-8,10-11,14,16-18,29H,4-6,9,12-13H2,1-3H3,(H,22,24,25)/t14-,16-,17+,18-,21?/m1/s1. The summed E-state index contributed by atoms with van der Waals surface area (Å²) >= 11 is 0. The zero-order valence-electron chi connectivity index (χ0n) is 17.5. The van der Waals surface area contributed by atoms with Gasteiger partial charge in [-0.3, -0.25) is 9.58 Å². The number of hydrogen-bond acceptors (Lipinski definition) is 7. The normalized spacial score (nSPS) is 31.0. The van der Waals surface area contributed by atoms with E-state index < -0.39 is 5.72 Å². The first-order chi connectivity index (χ1) is 14.0. The van der Waals surface area contributed by atoms with E-state index in [1.165, 1.54) is 0 Å². The van der Waals surface area contributed by atoms with Gasteiger partial charge in [-0.15, -0.1) is 0 Å². The molecule has 2 N–H and O–H groups in total. The molecule has 2 aliphatic heterocycles. The van der Waals surface area contributed by atoms with Crippen LogP contribution in [0.5, 0.6) is 0 Å². The maximum absolute atomic E-state index is 11.3. The lowest BCUT2D eigenvalue weighted by atomic mass is 10.0. The molecule has 0 amide bonds. The maximum Gasteiger partial charge on any atom is 0.229 e. The first kappa shape index (κ1) is 18.8. The van der Waals surface area contributed by atoms with Crippen molar-refractivity contribution in [3.63, 3.8) is 0 Å². The Morgan fingerprint density at radius 2 is 2.00 bits per heavy atom. The zero-order chi connectivity index (χ0) is 20.2. The quantitative estimate of drug-likeness (QED) is 0.775. The largest absolute Gasteiger partial charge is 0.376 e. The predicted octanol–water partition coefficient (Wildman–Crippen LogP) is 2.45. The minimum absolute atomic E-state index is 0.380. The van der Waals surface area contributed by atoms with Crippen LogP contribution in [0.2, 0.25) is 0 Å². The Morgan fingerprint density at radius 1 is 1.28 bits per heavy atom. The SMILES string of the molecule is CCn1cc(Nc2nccc(N3C[C@H]4CC[C@@H](C3)N4C(C)(O)[C@@H]3C[C@H]3C)n2)cn1. The molecule has 0 aromatic carbocycles. The van der Waals surface area contributed by atoms with E-state index in [0.717, 1.165) is 50.4 Å². The van der Waals surface area contributed by atoms with Crippen LogP contribution in [0.4, 0.5) is 17.5 Å². The van der Waals surface area contributed by atoms with E-state index in [-0.39, 0.29) is 0 Å². The van der Waals surface area contributed by atoms with Crippen LogP contribution in [0.1, 0.15) is 40.0 Å². The highest BCUT2D eigenvalue weighted by Gasteiger charge is 2.56. The van der Waals surface area contributed by atoms with E-state index in [2.05, 4.69) is 39.0 Å². The number of fused-ring (bicyclic) bond motifs is 2. The average molecular weight is 398 g/mol. The van der Waals surface area contributed by atoms with Gasteiger partial charge in [0.25, 0.3) is 0 Å². The Morgan fingerprint density at radius 3 is 2.62 bits per heavy atom. The van der Waals surface area contributed by atoms with Crippen LogP contribution in [0.15, 0.2) is 24.7 Å². The molecule has 156 valence electrons. The van der Waals surface area contributed by atoms with Crippen LogP contribution in [-0.4, -0.2) is 60.7 Å². The molecule has 5 rings (SSSR count). The van der Waals surface area contributed by atoms with Crippen molar-refractivity contribution in [1.29, 1.82) is 0 Å². The minimum Gasteiger partial charge on any atom is -0.376 e. The van der Waals surface area contributed by atoms with Gasteiger partial charge in [0.2, 0.25) is 5.95 Å². The van der Waals surface area contributed by atoms with Crippen LogP contribution >= 0.6 is 0 Å². The molecular weight excluding hydrogens is 366 g/mol. The van der Waals surface area contributed by atoms with Crippen molar-refractivity contribution < 1.29 is 5.11 Å². The van der Waals surface area contributed by atoms with Gasteiger partial charge in [0.05, 0.1) is 11.9 Å². The van der Waals surface area contributed by atoms with Gasteiger partial charge in [0.1, 0.15) is 11.5 Å². The van der Waals surface area contributed by atoms with Crippen molar-refractivity contribution in [2.45, 2.75) is 64.4 Å². The molecule has 3 fully saturated rings. The van der Waals surface area contributed by atoms with Crippen molar-refractivity contribution in [1.82, 2.24) is 24.6 Å². The number of nitrogens with zero attached hydrogens (tertiary/aromatic N) is 6. The van der Waals surface area contributed by atoms with Crippen LogP contribution in [0.3, 0.4) is 0 Å². The Bertz CT molecular complexity index is 867. The molecule has 2 saturated heterocycles. The number of aryl methyl sites for hydroxylation is 1. The fourth-order valence-electron chi connectivity index (χ4n) is 5.42. The van der Waals surface area contributed by atoms with E-state index in [0.29, 0.717) is 29.9 Å². The molecule has 8 nitrogen and oxygen atoms in total. The zero-order valence-corrected chi connectivity index (χ0v) is 17.5. The van der Waals surface area contributed by atoms with Gasteiger partial charge in [-0.25, -0.2) is 4.98 Å². The summed E-state index contributed by atoms with van der Waals surface area (Å²) in [4.78, 5) is 13.9. The molecule has 2 bridgehead atoms. The molecule has 1 aliphatic carbocycles. The van der Waals surface area contributed by atoms with Gasteiger partial charge < -0.3 is 15.3 Å². The summed E-state index contributed by atoms with van der Waals surface area (Å²) in [5.74, 6) is 2.58. The Labute approximate surface area is 171 Å². The molecule has 1 saturated carbocycles. The summed E-state index contributed by atoms with van der Waals surface area (Å²) in [5, 5.41) is 18.8. The molecule has 0 radical (unpaired) electrons. The molecule has 2 aromatic rings. The third kappa shape index (κ3) is 3.38. The molecular formula is C21H31N7O. The van der Waals surface area contributed by atoms with E-state index in [1.54, 1.807) is 6.20 Å². The van der Waals surface area contributed by atoms with Gasteiger partial charge in [-0.1, -0.05) is 6.92 Å². The molecule has 0 spiro atoms. The van der Waals surface area contributed by atoms with Crippen molar-refractivity contribution in [3.05, 3.63) is 24.7 Å². The van der Waals surface area contributed by atoms with Gasteiger partial charge in [0, 0.05) is 50.0 Å². The van der Waals surface area contributed by atoms with E-state index >= 15 is 0 Å². The lowest BCUT2D eigenvalue weighted by molar-refractivity contribution is -0.141. The number of hydrogen-bond donors (Lipinski definition) is 2. The number of anilines is 3. The predicted molar refractivity (Wildman–Crippen MR) is 112 cm³/mol. The summed E-state index contributed by atoms with van der Waals surface area (Å²) in [5.41, 5.74) is 0.207. The van der Waals surface area contributed by atoms with Crippen LogP contribution < -0.4 is 10.2 Å². The maximum atomic E-state index is 11.3. The van der Waals surface area contributed by atoms with E-state index in [4.69, 9.17) is 4.98 Å². The summed E-state index contributed by atoms with van der Waals surface area (Å²) in [6.07, 6.45) is 8.98. The van der Waals surface area contributed by atoms with Crippen molar-refractivity contribution in [2.75, 3.05) is 23.3 Å². The third-order valence-corrected chi connectivity index (χ3v) is 7.00. The topological polar surface area (TPSA) is 82.3 Å². The molecule has 8 heteroatoms. The fourth-order valence-corrected chi connectivity index (χ4v) is 5.42. The van der Waals surface area contributed by atoms with Crippen LogP contribution in [-0.2, 0) is 6.54 Å². The lowest BCUT2D eigenvalue weighted by Gasteiger charge is -2.48. The van der Waals surface area contributed by atoms with Crippen LogP contribution in [0, 0.1) is 11.8 Å². The second-order valence-electron chi connectivity index (χ2n) is 9.06. The van der Waals surface area contributed by atoms with E-state index in [9.17, 15) is 5.11 Å². The number of rotatable bonds is 6. The summed E-state index contributed by atoms with van der Waals surface area (Å²) in [6, 6.07) is 2.74. The first-order valence-electron chi connectivity index (χ1n) is 10.8. The van der Waals surface area contributed by atoms with Gasteiger partial charge in [-0.05, 0) is 45.1 Å². The molecule has 3 aliphatic rings. The highest BCUT2D eigenvalue weighted by molar-refractivity contribution is 5.53. The van der Waals surface area contributed by atoms with Crippen molar-refractivity contribution in [3.8, 4) is 0 Å². The molecule has 4 heterocycles. The number of aliphatic hydroxyl groups is 1. The Hall–Kier alpha value is -2.19. The Balaban J connectivity index is 1.30. The minimum atomic E-state index is -0.685. The molecule has 29 heavy (non-hydrogen) atoms. The Kier molecular flexibility index (Phi) is 4.51. The molecule has 5 atom stereocenters. The van der Waals surface area contributed by atoms with Gasteiger partial charge >= 0.3 is 0 Å². The third-order valence-electron chi connectivity index (χ3n) is 7.00. The lowest BCUT2D eigenvalue weighted by Crippen LogP contribution is -2.63. The second kappa shape index (κ2) is 6.95. The van der Waals surface area contributed by atoms with Crippen LogP contribution in [0.25, 0.3) is 0 Å². The summed E-state index contributed by atoms with van der Waals surface area (Å²) < 4.78 is 1.87. The number of piperazine rings is 1. The molecule has 2 aromatic heterocycles. The molecule has 1 unspecified atom stereocenters. The average Bonchev–Trinajstić information content (AvgIpc) is 3.18. The number of nitrogens with one attached hydrogen (secondary N) is 1. The fraction of sp³-hybridized carbons (Fsp3) is 0.667. The summed E-state index contributed by atoms with van der Waals surface area (Å²) in [6.45, 7) is 8.97. The highest BCUT2D eigenvalue weighted by Crippen LogP contribution is 2.51. The monoisotopic (exact) mass is 397 g/mol. The first-order valence-corrected chi connectivity index (χ1v) is 10.8.